The van der Waals surface area contributed by atoms with Crippen LogP contribution in [0.25, 0.3) is 11.0 Å². The van der Waals surface area contributed by atoms with Gasteiger partial charge < -0.3 is 9.73 Å². The molecule has 1 aromatic heterocycles. The number of rotatable bonds is 6. The summed E-state index contributed by atoms with van der Waals surface area (Å²) in [6.07, 6.45) is 2.50. The molecule has 22 heavy (non-hydrogen) atoms. The Morgan fingerprint density at radius 3 is 2.86 bits per heavy atom. The number of fused-ring (bicyclic) bond motifs is 1. The molecule has 0 bridgehead atoms. The van der Waals surface area contributed by atoms with Gasteiger partial charge in [-0.05, 0) is 31.5 Å². The first kappa shape index (κ1) is 14.8. The van der Waals surface area contributed by atoms with Gasteiger partial charge in [-0.1, -0.05) is 19.1 Å². The lowest BCUT2D eigenvalue weighted by Crippen LogP contribution is -2.36. The second-order valence-corrected chi connectivity index (χ2v) is 5.59. The van der Waals surface area contributed by atoms with Gasteiger partial charge in [-0.2, -0.15) is 0 Å². The van der Waals surface area contributed by atoms with Crippen molar-refractivity contribution >= 4 is 16.9 Å². The average molecular weight is 300 g/mol. The number of hydrogen-bond acceptors (Lipinski definition) is 4. The number of carbonyl (C=O) groups is 1. The minimum Gasteiger partial charge on any atom is -0.451 e. The summed E-state index contributed by atoms with van der Waals surface area (Å²) in [6, 6.07) is 8.88. The van der Waals surface area contributed by atoms with Crippen LogP contribution in [0.1, 0.15) is 30.3 Å². The summed E-state index contributed by atoms with van der Waals surface area (Å²) in [5, 5.41) is 3.32. The first-order valence-electron chi connectivity index (χ1n) is 7.74. The minimum absolute atomic E-state index is 0.0678. The van der Waals surface area contributed by atoms with Crippen LogP contribution in [-0.4, -0.2) is 36.5 Å². The van der Waals surface area contributed by atoms with Gasteiger partial charge in [0.15, 0.2) is 11.2 Å². The predicted molar refractivity (Wildman–Crippen MR) is 85.1 cm³/mol. The number of nitrogens with zero attached hydrogens (tertiary/aromatic N) is 1. The van der Waals surface area contributed by atoms with Crippen molar-refractivity contribution in [1.29, 1.82) is 0 Å². The summed E-state index contributed by atoms with van der Waals surface area (Å²) in [6.45, 7) is 4.50. The van der Waals surface area contributed by atoms with Crippen LogP contribution in [0.2, 0.25) is 0 Å². The Balaban J connectivity index is 1.65. The zero-order valence-electron chi connectivity index (χ0n) is 12.7. The third-order valence-electron chi connectivity index (χ3n) is 4.01. The van der Waals surface area contributed by atoms with Gasteiger partial charge in [0.2, 0.25) is 0 Å². The molecule has 1 fully saturated rings. The van der Waals surface area contributed by atoms with E-state index in [0.29, 0.717) is 23.6 Å². The third-order valence-corrected chi connectivity index (χ3v) is 4.01. The molecule has 2 aromatic rings. The SMILES string of the molecule is CCN(CCNC(=O)c1cc(=O)c2ccccc2o1)C1CC1. The number of amides is 1. The van der Waals surface area contributed by atoms with Crippen molar-refractivity contribution in [2.24, 2.45) is 0 Å². The highest BCUT2D eigenvalue weighted by atomic mass is 16.3. The molecule has 0 radical (unpaired) electrons. The van der Waals surface area contributed by atoms with Crippen molar-refractivity contribution in [3.05, 3.63) is 46.3 Å². The van der Waals surface area contributed by atoms with Crippen molar-refractivity contribution in [1.82, 2.24) is 10.2 Å². The Morgan fingerprint density at radius 1 is 1.36 bits per heavy atom. The normalized spacial score (nSPS) is 14.5. The number of para-hydroxylation sites is 1. The van der Waals surface area contributed by atoms with Crippen LogP contribution in [0, 0.1) is 0 Å². The van der Waals surface area contributed by atoms with Crippen LogP contribution in [0.3, 0.4) is 0 Å². The first-order chi connectivity index (χ1) is 10.7. The minimum atomic E-state index is -0.338. The van der Waals surface area contributed by atoms with Crippen LogP contribution < -0.4 is 10.7 Å². The maximum atomic E-state index is 12.1. The van der Waals surface area contributed by atoms with Gasteiger partial charge in [0, 0.05) is 25.2 Å². The van der Waals surface area contributed by atoms with E-state index in [1.807, 2.05) is 0 Å². The molecule has 1 aliphatic carbocycles. The molecule has 1 aliphatic rings. The fraction of sp³-hybridized carbons (Fsp3) is 0.412. The highest BCUT2D eigenvalue weighted by Crippen LogP contribution is 2.25. The van der Waals surface area contributed by atoms with Crippen LogP contribution in [0.15, 0.2) is 39.5 Å². The Labute approximate surface area is 128 Å². The number of carbonyl (C=O) groups excluding carboxylic acids is 1. The topological polar surface area (TPSA) is 62.6 Å². The molecule has 0 aliphatic heterocycles. The molecule has 0 unspecified atom stereocenters. The Bertz CT molecular complexity index is 734. The smallest absolute Gasteiger partial charge is 0.287 e. The lowest BCUT2D eigenvalue weighted by molar-refractivity contribution is 0.0921. The largest absolute Gasteiger partial charge is 0.451 e. The highest BCUT2D eigenvalue weighted by molar-refractivity contribution is 5.93. The predicted octanol–water partition coefficient (Wildman–Crippen LogP) is 2.01. The van der Waals surface area contributed by atoms with Crippen molar-refractivity contribution in [3.63, 3.8) is 0 Å². The average Bonchev–Trinajstić information content (AvgIpc) is 3.36. The lowest BCUT2D eigenvalue weighted by atomic mass is 10.2. The molecule has 5 nitrogen and oxygen atoms in total. The highest BCUT2D eigenvalue weighted by Gasteiger charge is 2.27. The number of hydrogen-bond donors (Lipinski definition) is 1. The maximum Gasteiger partial charge on any atom is 0.287 e. The molecule has 1 saturated carbocycles. The zero-order valence-corrected chi connectivity index (χ0v) is 12.7. The monoisotopic (exact) mass is 300 g/mol. The van der Waals surface area contributed by atoms with Gasteiger partial charge in [0.1, 0.15) is 5.58 Å². The second-order valence-electron chi connectivity index (χ2n) is 5.59. The molecule has 5 heteroatoms. The molecular weight excluding hydrogens is 280 g/mol. The van der Waals surface area contributed by atoms with E-state index in [2.05, 4.69) is 17.1 Å². The van der Waals surface area contributed by atoms with Gasteiger partial charge in [0.05, 0.1) is 5.39 Å². The van der Waals surface area contributed by atoms with E-state index >= 15 is 0 Å². The summed E-state index contributed by atoms with van der Waals surface area (Å²) in [7, 11) is 0. The summed E-state index contributed by atoms with van der Waals surface area (Å²) < 4.78 is 5.52. The Morgan fingerprint density at radius 2 is 2.14 bits per heavy atom. The van der Waals surface area contributed by atoms with Crippen LogP contribution in [-0.2, 0) is 0 Å². The zero-order chi connectivity index (χ0) is 15.5. The van der Waals surface area contributed by atoms with E-state index < -0.39 is 0 Å². The standard InChI is InChI=1S/C17H20N2O3/c1-2-19(12-7-8-12)10-9-18-17(21)16-11-14(20)13-5-3-4-6-15(13)22-16/h3-6,11-12H,2,7-10H2,1H3,(H,18,21). The van der Waals surface area contributed by atoms with E-state index in [9.17, 15) is 9.59 Å². The van der Waals surface area contributed by atoms with E-state index in [4.69, 9.17) is 4.42 Å². The van der Waals surface area contributed by atoms with Gasteiger partial charge in [0.25, 0.3) is 5.91 Å². The molecule has 0 spiro atoms. The van der Waals surface area contributed by atoms with E-state index in [0.717, 1.165) is 13.1 Å². The van der Waals surface area contributed by atoms with Gasteiger partial charge in [-0.25, -0.2) is 0 Å². The van der Waals surface area contributed by atoms with Gasteiger partial charge in [-0.15, -0.1) is 0 Å². The fourth-order valence-corrected chi connectivity index (χ4v) is 2.65. The molecule has 1 heterocycles. The summed E-state index contributed by atoms with van der Waals surface area (Å²) in [4.78, 5) is 26.5. The van der Waals surface area contributed by atoms with Gasteiger partial charge in [-0.3, -0.25) is 14.5 Å². The van der Waals surface area contributed by atoms with Crippen molar-refractivity contribution in [2.75, 3.05) is 19.6 Å². The molecule has 0 atom stereocenters. The van der Waals surface area contributed by atoms with E-state index in [1.54, 1.807) is 24.3 Å². The number of benzene rings is 1. The number of likely N-dealkylation sites (N-methyl/N-ethyl adjacent to an activating group) is 1. The van der Waals surface area contributed by atoms with Crippen LogP contribution >= 0.6 is 0 Å². The Hall–Kier alpha value is -2.14. The van der Waals surface area contributed by atoms with Crippen molar-refractivity contribution in [2.45, 2.75) is 25.8 Å². The van der Waals surface area contributed by atoms with E-state index in [-0.39, 0.29) is 17.1 Å². The summed E-state index contributed by atoms with van der Waals surface area (Å²) >= 11 is 0. The molecule has 3 rings (SSSR count). The van der Waals surface area contributed by atoms with Crippen LogP contribution in [0.5, 0.6) is 0 Å². The quantitative estimate of drug-likeness (QED) is 0.886. The first-order valence-corrected chi connectivity index (χ1v) is 7.74. The molecule has 1 amide bonds. The lowest BCUT2D eigenvalue weighted by Gasteiger charge is -2.19. The molecule has 0 saturated heterocycles. The molecule has 116 valence electrons. The van der Waals surface area contributed by atoms with Crippen LogP contribution in [0.4, 0.5) is 0 Å². The Kier molecular flexibility index (Phi) is 4.24. The van der Waals surface area contributed by atoms with Crippen molar-refractivity contribution < 1.29 is 9.21 Å². The van der Waals surface area contributed by atoms with Gasteiger partial charge >= 0.3 is 0 Å². The fourth-order valence-electron chi connectivity index (χ4n) is 2.65. The summed E-state index contributed by atoms with van der Waals surface area (Å²) in [5.74, 6) is -0.270. The second kappa shape index (κ2) is 6.32. The summed E-state index contributed by atoms with van der Waals surface area (Å²) in [5.41, 5.74) is 0.244. The molecule has 1 N–H and O–H groups in total. The number of nitrogens with one attached hydrogen (secondary N) is 1. The van der Waals surface area contributed by atoms with E-state index in [1.165, 1.54) is 18.9 Å². The van der Waals surface area contributed by atoms with Crippen molar-refractivity contribution in [3.8, 4) is 0 Å². The maximum absolute atomic E-state index is 12.1. The molecular formula is C17H20N2O3. The molecule has 1 aromatic carbocycles. The third kappa shape index (κ3) is 3.20.